The summed E-state index contributed by atoms with van der Waals surface area (Å²) in [6.45, 7) is 0.212. The van der Waals surface area contributed by atoms with E-state index in [0.29, 0.717) is 11.3 Å². The van der Waals surface area contributed by atoms with Gasteiger partial charge < -0.3 is 5.32 Å². The largest absolute Gasteiger partial charge is 0.381 e. The summed E-state index contributed by atoms with van der Waals surface area (Å²) in [5, 5.41) is 7.90. The molecule has 0 saturated heterocycles. The molecule has 0 aliphatic carbocycles. The summed E-state index contributed by atoms with van der Waals surface area (Å²) in [7, 11) is -3.72. The number of primary sulfonamides is 1. The van der Waals surface area contributed by atoms with Crippen molar-refractivity contribution in [2.75, 3.05) is 5.32 Å². The van der Waals surface area contributed by atoms with Gasteiger partial charge in [0.05, 0.1) is 4.90 Å². The van der Waals surface area contributed by atoms with E-state index in [1.165, 1.54) is 36.4 Å². The van der Waals surface area contributed by atoms with Gasteiger partial charge in [-0.1, -0.05) is 0 Å². The number of sulfonamides is 1. The first-order valence-corrected chi connectivity index (χ1v) is 7.21. The van der Waals surface area contributed by atoms with Gasteiger partial charge in [-0.2, -0.15) is 0 Å². The Morgan fingerprint density at radius 1 is 1.00 bits per heavy atom. The van der Waals surface area contributed by atoms with E-state index in [1.807, 2.05) is 0 Å². The number of nitrogens with two attached hydrogens (primary N) is 1. The van der Waals surface area contributed by atoms with Crippen molar-refractivity contribution >= 4 is 15.7 Å². The monoisotopic (exact) mass is 298 g/mol. The Kier molecular flexibility index (Phi) is 4.01. The second-order valence-electron chi connectivity index (χ2n) is 4.20. The molecule has 2 aromatic rings. The molecule has 2 rings (SSSR count). The number of benzene rings is 2. The van der Waals surface area contributed by atoms with Crippen LogP contribution < -0.4 is 10.5 Å². The van der Waals surface area contributed by atoms with Gasteiger partial charge in [0, 0.05) is 18.3 Å². The fourth-order valence-electron chi connectivity index (χ4n) is 1.68. The van der Waals surface area contributed by atoms with E-state index in [1.54, 1.807) is 0 Å². The first-order chi connectivity index (χ1) is 9.34. The van der Waals surface area contributed by atoms with Crippen molar-refractivity contribution in [1.82, 2.24) is 0 Å². The van der Waals surface area contributed by atoms with Crippen molar-refractivity contribution in [2.45, 2.75) is 11.4 Å². The molecule has 0 radical (unpaired) electrons. The molecular weight excluding hydrogens is 286 g/mol. The summed E-state index contributed by atoms with van der Waals surface area (Å²) < 4.78 is 48.1. The summed E-state index contributed by atoms with van der Waals surface area (Å²) in [5.41, 5.74) is 1.06. The molecule has 106 valence electrons. The average Bonchev–Trinajstić information content (AvgIpc) is 2.35. The fraction of sp³-hybridized carbons (Fsp3) is 0.0769. The second-order valence-corrected chi connectivity index (χ2v) is 5.76. The summed E-state index contributed by atoms with van der Waals surface area (Å²) in [6.07, 6.45) is 0. The lowest BCUT2D eigenvalue weighted by atomic mass is 10.2. The molecule has 0 aliphatic heterocycles. The zero-order chi connectivity index (χ0) is 14.8. The van der Waals surface area contributed by atoms with Gasteiger partial charge in [0.2, 0.25) is 10.0 Å². The molecular formula is C13H12F2N2O2S. The molecule has 0 amide bonds. The minimum atomic E-state index is -3.72. The molecule has 7 heteroatoms. The highest BCUT2D eigenvalue weighted by Crippen LogP contribution is 2.15. The van der Waals surface area contributed by atoms with Gasteiger partial charge in [-0.25, -0.2) is 22.3 Å². The van der Waals surface area contributed by atoms with E-state index in [-0.39, 0.29) is 11.4 Å². The van der Waals surface area contributed by atoms with Crippen LogP contribution in [0.1, 0.15) is 5.56 Å². The van der Waals surface area contributed by atoms with Crippen LogP contribution in [0.25, 0.3) is 0 Å². The number of rotatable bonds is 4. The van der Waals surface area contributed by atoms with Crippen molar-refractivity contribution in [3.05, 3.63) is 59.7 Å². The molecule has 2 aromatic carbocycles. The Hall–Kier alpha value is -1.99. The number of halogens is 2. The maximum atomic E-state index is 13.0. The maximum Gasteiger partial charge on any atom is 0.238 e. The zero-order valence-corrected chi connectivity index (χ0v) is 11.1. The second kappa shape index (κ2) is 5.56. The average molecular weight is 298 g/mol. The first kappa shape index (κ1) is 14.4. The van der Waals surface area contributed by atoms with Crippen LogP contribution in [0, 0.1) is 11.6 Å². The summed E-state index contributed by atoms with van der Waals surface area (Å²) in [5.74, 6) is -1.29. The third kappa shape index (κ3) is 3.75. The number of hydrogen-bond donors (Lipinski definition) is 2. The molecule has 0 unspecified atom stereocenters. The molecule has 0 spiro atoms. The van der Waals surface area contributed by atoms with Gasteiger partial charge in [-0.3, -0.25) is 0 Å². The Morgan fingerprint density at radius 2 is 1.55 bits per heavy atom. The van der Waals surface area contributed by atoms with E-state index in [9.17, 15) is 17.2 Å². The van der Waals surface area contributed by atoms with Crippen LogP contribution in [-0.4, -0.2) is 8.42 Å². The van der Waals surface area contributed by atoms with E-state index in [4.69, 9.17) is 5.14 Å². The highest BCUT2D eigenvalue weighted by Gasteiger charge is 2.06. The van der Waals surface area contributed by atoms with Gasteiger partial charge in [0.15, 0.2) is 0 Å². The van der Waals surface area contributed by atoms with Gasteiger partial charge in [-0.15, -0.1) is 0 Å². The molecule has 0 atom stereocenters. The van der Waals surface area contributed by atoms with Crippen LogP contribution in [-0.2, 0) is 16.6 Å². The maximum absolute atomic E-state index is 13.0. The molecule has 4 nitrogen and oxygen atoms in total. The van der Waals surface area contributed by atoms with E-state index < -0.39 is 21.7 Å². The molecule has 20 heavy (non-hydrogen) atoms. The molecule has 0 aliphatic rings. The van der Waals surface area contributed by atoms with Crippen LogP contribution in [0.15, 0.2) is 47.4 Å². The van der Waals surface area contributed by atoms with Gasteiger partial charge in [-0.05, 0) is 42.0 Å². The fourth-order valence-corrected chi connectivity index (χ4v) is 2.20. The molecule has 0 saturated carbocycles. The third-order valence-corrected chi connectivity index (χ3v) is 3.53. The molecule has 3 N–H and O–H groups in total. The van der Waals surface area contributed by atoms with Crippen LogP contribution >= 0.6 is 0 Å². The van der Waals surface area contributed by atoms with E-state index >= 15 is 0 Å². The minimum absolute atomic E-state index is 0.000139. The number of anilines is 1. The standard InChI is InChI=1S/C13H12F2N2O2S/c14-10-5-9(6-11(15)7-10)8-17-12-1-3-13(4-2-12)20(16,18)19/h1-7,17H,8H2,(H2,16,18,19). The van der Waals surface area contributed by atoms with E-state index in [0.717, 1.165) is 6.07 Å². The Morgan fingerprint density at radius 3 is 2.05 bits per heavy atom. The van der Waals surface area contributed by atoms with Gasteiger partial charge >= 0.3 is 0 Å². The van der Waals surface area contributed by atoms with Crippen molar-refractivity contribution < 1.29 is 17.2 Å². The Bertz CT molecular complexity index is 695. The topological polar surface area (TPSA) is 72.2 Å². The van der Waals surface area contributed by atoms with E-state index in [2.05, 4.69) is 5.32 Å². The summed E-state index contributed by atoms with van der Waals surface area (Å²) >= 11 is 0. The summed E-state index contributed by atoms with van der Waals surface area (Å²) in [6, 6.07) is 8.98. The zero-order valence-electron chi connectivity index (χ0n) is 10.3. The van der Waals surface area contributed by atoms with Gasteiger partial charge in [0.1, 0.15) is 11.6 Å². The first-order valence-electron chi connectivity index (χ1n) is 5.66. The SMILES string of the molecule is NS(=O)(=O)c1ccc(NCc2cc(F)cc(F)c2)cc1. The molecule has 0 aromatic heterocycles. The highest BCUT2D eigenvalue weighted by atomic mass is 32.2. The smallest absolute Gasteiger partial charge is 0.238 e. The lowest BCUT2D eigenvalue weighted by Gasteiger charge is -2.07. The lowest BCUT2D eigenvalue weighted by molar-refractivity contribution is 0.580. The highest BCUT2D eigenvalue weighted by molar-refractivity contribution is 7.89. The Labute approximate surface area is 115 Å². The summed E-state index contributed by atoms with van der Waals surface area (Å²) in [4.78, 5) is -0.000139. The normalized spacial score (nSPS) is 11.3. The van der Waals surface area contributed by atoms with Crippen molar-refractivity contribution in [3.63, 3.8) is 0 Å². The lowest BCUT2D eigenvalue weighted by Crippen LogP contribution is -2.12. The van der Waals surface area contributed by atoms with Crippen molar-refractivity contribution in [1.29, 1.82) is 0 Å². The molecule has 0 fully saturated rings. The predicted octanol–water partition coefficient (Wildman–Crippen LogP) is 2.22. The van der Waals surface area contributed by atoms with Crippen LogP contribution in [0.4, 0.5) is 14.5 Å². The molecule has 0 bridgehead atoms. The predicted molar refractivity (Wildman–Crippen MR) is 71.5 cm³/mol. The van der Waals surface area contributed by atoms with Gasteiger partial charge in [0.25, 0.3) is 0 Å². The van der Waals surface area contributed by atoms with Crippen molar-refractivity contribution in [3.8, 4) is 0 Å². The molecule has 0 heterocycles. The van der Waals surface area contributed by atoms with Crippen LogP contribution in [0.2, 0.25) is 0 Å². The van der Waals surface area contributed by atoms with Crippen LogP contribution in [0.5, 0.6) is 0 Å². The number of nitrogens with one attached hydrogen (secondary N) is 1. The quantitative estimate of drug-likeness (QED) is 0.909. The third-order valence-electron chi connectivity index (χ3n) is 2.60. The van der Waals surface area contributed by atoms with Crippen molar-refractivity contribution in [2.24, 2.45) is 5.14 Å². The Balaban J connectivity index is 2.07. The van der Waals surface area contributed by atoms with Crippen LogP contribution in [0.3, 0.4) is 0 Å². The number of hydrogen-bond acceptors (Lipinski definition) is 3. The minimum Gasteiger partial charge on any atom is -0.381 e.